The standard InChI is InChI=1S/C16H22F3N3O3/c1-11-9-14-21(6-4-13(16(17,18)19)22(14)20-11)15(23)5-8-24-10-12-3-2-7-25-12/h9,12-13H,2-8,10H2,1H3. The lowest BCUT2D eigenvalue weighted by atomic mass is 10.1. The number of ether oxygens (including phenoxy) is 2. The van der Waals surface area contributed by atoms with Crippen molar-refractivity contribution in [3.8, 4) is 0 Å². The highest BCUT2D eigenvalue weighted by Gasteiger charge is 2.46. The summed E-state index contributed by atoms with van der Waals surface area (Å²) in [6.07, 6.45) is -2.40. The fourth-order valence-electron chi connectivity index (χ4n) is 3.26. The molecule has 2 aliphatic rings. The summed E-state index contributed by atoms with van der Waals surface area (Å²) in [5, 5.41) is 3.94. The minimum Gasteiger partial charge on any atom is -0.378 e. The third kappa shape index (κ3) is 4.14. The van der Waals surface area contributed by atoms with Crippen LogP contribution in [0.1, 0.15) is 37.4 Å². The Hall–Kier alpha value is -1.61. The molecule has 0 aliphatic carbocycles. The second-order valence-corrected chi connectivity index (χ2v) is 6.44. The minimum absolute atomic E-state index is 0.0277. The van der Waals surface area contributed by atoms with E-state index >= 15 is 0 Å². The fourth-order valence-corrected chi connectivity index (χ4v) is 3.26. The first-order valence-corrected chi connectivity index (χ1v) is 8.49. The molecular weight excluding hydrogens is 339 g/mol. The number of carbonyl (C=O) groups is 1. The Bertz CT molecular complexity index is 612. The smallest absolute Gasteiger partial charge is 0.378 e. The maximum atomic E-state index is 13.2. The summed E-state index contributed by atoms with van der Waals surface area (Å²) in [6, 6.07) is -0.167. The van der Waals surface area contributed by atoms with E-state index in [9.17, 15) is 18.0 Å². The van der Waals surface area contributed by atoms with Crippen LogP contribution in [0.25, 0.3) is 0 Å². The number of rotatable bonds is 5. The molecule has 1 amide bonds. The Morgan fingerprint density at radius 2 is 2.24 bits per heavy atom. The summed E-state index contributed by atoms with van der Waals surface area (Å²) in [7, 11) is 0. The maximum Gasteiger partial charge on any atom is 0.410 e. The molecule has 2 aliphatic heterocycles. The molecule has 0 radical (unpaired) electrons. The third-order valence-electron chi connectivity index (χ3n) is 4.50. The van der Waals surface area contributed by atoms with Crippen molar-refractivity contribution in [3.05, 3.63) is 11.8 Å². The average molecular weight is 361 g/mol. The number of fused-ring (bicyclic) bond motifs is 1. The van der Waals surface area contributed by atoms with Crippen LogP contribution in [0.3, 0.4) is 0 Å². The second-order valence-electron chi connectivity index (χ2n) is 6.44. The molecular formula is C16H22F3N3O3. The second kappa shape index (κ2) is 7.33. The van der Waals surface area contributed by atoms with Crippen LogP contribution in [0.2, 0.25) is 0 Å². The first-order chi connectivity index (χ1) is 11.9. The molecule has 140 valence electrons. The van der Waals surface area contributed by atoms with Gasteiger partial charge in [0.25, 0.3) is 0 Å². The van der Waals surface area contributed by atoms with Crippen LogP contribution in [-0.4, -0.2) is 54.3 Å². The number of halogens is 3. The molecule has 0 N–H and O–H groups in total. The van der Waals surface area contributed by atoms with E-state index in [0.29, 0.717) is 12.3 Å². The van der Waals surface area contributed by atoms with Crippen molar-refractivity contribution in [2.24, 2.45) is 0 Å². The molecule has 0 bridgehead atoms. The summed E-state index contributed by atoms with van der Waals surface area (Å²) in [5.41, 5.74) is 0.457. The van der Waals surface area contributed by atoms with Crippen LogP contribution in [0.5, 0.6) is 0 Å². The van der Waals surface area contributed by atoms with E-state index in [1.54, 1.807) is 6.92 Å². The van der Waals surface area contributed by atoms with Crippen molar-refractivity contribution in [3.63, 3.8) is 0 Å². The van der Waals surface area contributed by atoms with E-state index in [1.807, 2.05) is 0 Å². The molecule has 0 spiro atoms. The first-order valence-electron chi connectivity index (χ1n) is 8.49. The Morgan fingerprint density at radius 1 is 1.44 bits per heavy atom. The van der Waals surface area contributed by atoms with Crippen molar-refractivity contribution in [1.29, 1.82) is 0 Å². The molecule has 0 aromatic carbocycles. The summed E-state index contributed by atoms with van der Waals surface area (Å²) in [4.78, 5) is 13.8. The van der Waals surface area contributed by atoms with E-state index in [4.69, 9.17) is 9.47 Å². The molecule has 1 fully saturated rings. The van der Waals surface area contributed by atoms with Gasteiger partial charge in [0.1, 0.15) is 5.82 Å². The van der Waals surface area contributed by atoms with Gasteiger partial charge < -0.3 is 9.47 Å². The van der Waals surface area contributed by atoms with Crippen molar-refractivity contribution < 1.29 is 27.4 Å². The number of hydrogen-bond acceptors (Lipinski definition) is 4. The Labute approximate surface area is 143 Å². The Morgan fingerprint density at radius 3 is 2.92 bits per heavy atom. The highest BCUT2D eigenvalue weighted by atomic mass is 19.4. The van der Waals surface area contributed by atoms with Gasteiger partial charge in [0, 0.05) is 19.2 Å². The highest BCUT2D eigenvalue weighted by molar-refractivity contribution is 5.92. The lowest BCUT2D eigenvalue weighted by Crippen LogP contribution is -2.43. The number of hydrogen-bond donors (Lipinski definition) is 0. The van der Waals surface area contributed by atoms with Crippen LogP contribution < -0.4 is 4.90 Å². The van der Waals surface area contributed by atoms with Crippen molar-refractivity contribution in [2.45, 2.75) is 50.9 Å². The molecule has 1 aromatic heterocycles. The zero-order valence-electron chi connectivity index (χ0n) is 14.1. The predicted octanol–water partition coefficient (Wildman–Crippen LogP) is 2.62. The number of aromatic nitrogens is 2. The number of alkyl halides is 3. The Kier molecular flexibility index (Phi) is 5.33. The van der Waals surface area contributed by atoms with Crippen molar-refractivity contribution in [2.75, 3.05) is 31.3 Å². The average Bonchev–Trinajstić information content (AvgIpc) is 3.17. The number of carbonyl (C=O) groups excluding carboxylic acids is 1. The van der Waals surface area contributed by atoms with Gasteiger partial charge >= 0.3 is 6.18 Å². The number of nitrogens with zero attached hydrogens (tertiary/aromatic N) is 3. The lowest BCUT2D eigenvalue weighted by Gasteiger charge is -2.33. The quantitative estimate of drug-likeness (QED) is 0.757. The van der Waals surface area contributed by atoms with Gasteiger partial charge in [-0.2, -0.15) is 18.3 Å². The normalized spacial score (nSPS) is 23.8. The van der Waals surface area contributed by atoms with Gasteiger partial charge in [-0.1, -0.05) is 0 Å². The van der Waals surface area contributed by atoms with Crippen LogP contribution >= 0.6 is 0 Å². The van der Waals surface area contributed by atoms with Gasteiger partial charge in [-0.25, -0.2) is 4.68 Å². The monoisotopic (exact) mass is 361 g/mol. The molecule has 9 heteroatoms. The topological polar surface area (TPSA) is 56.6 Å². The number of aryl methyl sites for hydroxylation is 1. The van der Waals surface area contributed by atoms with E-state index in [0.717, 1.165) is 24.1 Å². The SMILES string of the molecule is Cc1cc2n(n1)C(C(F)(F)F)CCN2C(=O)CCOCC1CCCO1. The zero-order valence-corrected chi connectivity index (χ0v) is 14.1. The van der Waals surface area contributed by atoms with Crippen LogP contribution in [-0.2, 0) is 14.3 Å². The molecule has 0 saturated carbocycles. The molecule has 3 heterocycles. The van der Waals surface area contributed by atoms with E-state index in [1.165, 1.54) is 11.0 Å². The first kappa shape index (κ1) is 18.2. The third-order valence-corrected chi connectivity index (χ3v) is 4.50. The van der Waals surface area contributed by atoms with Gasteiger partial charge in [0.05, 0.1) is 31.4 Å². The van der Waals surface area contributed by atoms with Gasteiger partial charge in [0.15, 0.2) is 6.04 Å². The van der Waals surface area contributed by atoms with Gasteiger partial charge in [0.2, 0.25) is 5.91 Å². The molecule has 2 unspecified atom stereocenters. The van der Waals surface area contributed by atoms with Crippen molar-refractivity contribution >= 4 is 11.7 Å². The summed E-state index contributed by atoms with van der Waals surface area (Å²) in [6.45, 7) is 3.06. The minimum atomic E-state index is -4.38. The van der Waals surface area contributed by atoms with E-state index in [-0.39, 0.29) is 43.8 Å². The van der Waals surface area contributed by atoms with E-state index in [2.05, 4.69) is 5.10 Å². The highest BCUT2D eigenvalue weighted by Crippen LogP contribution is 2.39. The van der Waals surface area contributed by atoms with Gasteiger partial charge in [-0.05, 0) is 26.2 Å². The Balaban J connectivity index is 1.58. The summed E-state index contributed by atoms with van der Waals surface area (Å²) in [5.74, 6) is -0.0516. The fraction of sp³-hybridized carbons (Fsp3) is 0.750. The molecule has 1 saturated heterocycles. The number of anilines is 1. The molecule has 3 rings (SSSR count). The number of amides is 1. The van der Waals surface area contributed by atoms with Crippen LogP contribution in [0, 0.1) is 6.92 Å². The molecule has 25 heavy (non-hydrogen) atoms. The van der Waals surface area contributed by atoms with Gasteiger partial charge in [-0.15, -0.1) is 0 Å². The maximum absolute atomic E-state index is 13.2. The summed E-state index contributed by atoms with van der Waals surface area (Å²) >= 11 is 0. The molecule has 1 aromatic rings. The predicted molar refractivity (Wildman–Crippen MR) is 83.4 cm³/mol. The lowest BCUT2D eigenvalue weighted by molar-refractivity contribution is -0.173. The van der Waals surface area contributed by atoms with E-state index < -0.39 is 12.2 Å². The zero-order chi connectivity index (χ0) is 18.0. The van der Waals surface area contributed by atoms with Crippen LogP contribution in [0.4, 0.5) is 19.0 Å². The molecule has 2 atom stereocenters. The largest absolute Gasteiger partial charge is 0.410 e. The molecule has 6 nitrogen and oxygen atoms in total. The van der Waals surface area contributed by atoms with Gasteiger partial charge in [-0.3, -0.25) is 9.69 Å². The van der Waals surface area contributed by atoms with Crippen molar-refractivity contribution in [1.82, 2.24) is 9.78 Å². The van der Waals surface area contributed by atoms with Crippen LogP contribution in [0.15, 0.2) is 6.07 Å². The summed E-state index contributed by atoms with van der Waals surface area (Å²) < 4.78 is 51.3.